The fourth-order valence-corrected chi connectivity index (χ4v) is 4.46. The van der Waals surface area contributed by atoms with Gasteiger partial charge < -0.3 is 20.5 Å². The van der Waals surface area contributed by atoms with E-state index in [1.54, 1.807) is 0 Å². The van der Waals surface area contributed by atoms with Crippen LogP contribution < -0.4 is 15.8 Å². The molecule has 0 bridgehead atoms. The molecule has 7 nitrogen and oxygen atoms in total. The molecular formula is C24H24F5N3O4. The SMILES string of the molecule is C[C@@H]1[C@H](c2ccc(F)c(F)c2OC2CCC2)[C@H](C(=O)Nc2ccnc(C(N)=O)c2)O[C@]1(C)C(F)(F)F. The number of carbonyl (C=O) groups excluding carboxylic acids is 2. The van der Waals surface area contributed by atoms with Crippen molar-refractivity contribution in [3.63, 3.8) is 0 Å². The van der Waals surface area contributed by atoms with Crippen molar-refractivity contribution in [1.29, 1.82) is 0 Å². The summed E-state index contributed by atoms with van der Waals surface area (Å²) in [5, 5.41) is 2.41. The summed E-state index contributed by atoms with van der Waals surface area (Å²) >= 11 is 0. The molecule has 194 valence electrons. The van der Waals surface area contributed by atoms with Gasteiger partial charge in [-0.3, -0.25) is 14.6 Å². The Kier molecular flexibility index (Phi) is 6.67. The Morgan fingerprint density at radius 3 is 2.50 bits per heavy atom. The van der Waals surface area contributed by atoms with Gasteiger partial charge in [0.15, 0.2) is 17.2 Å². The third kappa shape index (κ3) is 4.49. The Labute approximate surface area is 203 Å². The van der Waals surface area contributed by atoms with Crippen LogP contribution in [0.2, 0.25) is 0 Å². The number of rotatable bonds is 6. The Bertz CT molecular complexity index is 1190. The maximum atomic E-state index is 14.9. The second-order valence-corrected chi connectivity index (χ2v) is 9.19. The maximum absolute atomic E-state index is 14.9. The number of halogens is 5. The molecule has 1 aromatic heterocycles. The first kappa shape index (κ1) is 25.8. The van der Waals surface area contributed by atoms with Crippen molar-refractivity contribution >= 4 is 17.5 Å². The van der Waals surface area contributed by atoms with Crippen molar-refractivity contribution in [3.8, 4) is 5.75 Å². The summed E-state index contributed by atoms with van der Waals surface area (Å²) < 4.78 is 82.4. The molecule has 12 heteroatoms. The number of hydrogen-bond acceptors (Lipinski definition) is 5. The van der Waals surface area contributed by atoms with Crippen LogP contribution in [-0.4, -0.2) is 40.8 Å². The number of benzene rings is 1. The molecule has 4 atom stereocenters. The second kappa shape index (κ2) is 9.30. The summed E-state index contributed by atoms with van der Waals surface area (Å²) in [5.74, 6) is -7.69. The largest absolute Gasteiger partial charge is 0.487 e. The van der Waals surface area contributed by atoms with Gasteiger partial charge in [-0.1, -0.05) is 13.0 Å². The van der Waals surface area contributed by atoms with E-state index in [0.29, 0.717) is 12.8 Å². The number of primary amides is 1. The van der Waals surface area contributed by atoms with E-state index >= 15 is 0 Å². The third-order valence-electron chi connectivity index (χ3n) is 6.98. The van der Waals surface area contributed by atoms with Crippen LogP contribution in [0.15, 0.2) is 30.5 Å². The summed E-state index contributed by atoms with van der Waals surface area (Å²) in [7, 11) is 0. The number of hydrogen-bond donors (Lipinski definition) is 2. The molecular weight excluding hydrogens is 489 g/mol. The number of pyridine rings is 1. The van der Waals surface area contributed by atoms with Crippen molar-refractivity contribution in [3.05, 3.63) is 53.4 Å². The van der Waals surface area contributed by atoms with E-state index < -0.39 is 65.0 Å². The molecule has 1 aromatic carbocycles. The standard InChI is InChI=1S/C24H24F5N3O4/c1-11-17(14-6-7-15(25)18(26)19(14)35-13-4-3-5-13)20(36-23(11,2)24(27,28)29)22(34)32-12-8-9-31-16(10-12)21(30)33/h6-11,13,17,20H,3-5H2,1-2H3,(H2,30,33)(H,31,32,34)/t11-,17-,20-,23+/m1/s1. The first-order valence-electron chi connectivity index (χ1n) is 11.3. The normalized spacial score (nSPS) is 26.4. The van der Waals surface area contributed by atoms with Crippen LogP contribution in [-0.2, 0) is 9.53 Å². The molecule has 1 saturated heterocycles. The summed E-state index contributed by atoms with van der Waals surface area (Å²) in [6, 6.07) is 4.37. The highest BCUT2D eigenvalue weighted by atomic mass is 19.4. The van der Waals surface area contributed by atoms with Crippen molar-refractivity contribution < 1.29 is 41.0 Å². The molecule has 3 N–H and O–H groups in total. The van der Waals surface area contributed by atoms with Crippen LogP contribution in [0.3, 0.4) is 0 Å². The predicted molar refractivity (Wildman–Crippen MR) is 117 cm³/mol. The van der Waals surface area contributed by atoms with Gasteiger partial charge in [0.2, 0.25) is 5.82 Å². The molecule has 1 aliphatic heterocycles. The van der Waals surface area contributed by atoms with Crippen molar-refractivity contribution in [2.24, 2.45) is 11.7 Å². The van der Waals surface area contributed by atoms with Gasteiger partial charge >= 0.3 is 6.18 Å². The van der Waals surface area contributed by atoms with Gasteiger partial charge in [0.25, 0.3) is 11.8 Å². The van der Waals surface area contributed by atoms with E-state index in [2.05, 4.69) is 10.3 Å². The summed E-state index contributed by atoms with van der Waals surface area (Å²) in [5.41, 5.74) is 2.16. The topological polar surface area (TPSA) is 104 Å². The first-order valence-corrected chi connectivity index (χ1v) is 11.3. The zero-order chi connectivity index (χ0) is 26.4. The molecule has 2 heterocycles. The van der Waals surface area contributed by atoms with E-state index in [-0.39, 0.29) is 16.9 Å². The molecule has 4 rings (SSSR count). The number of alkyl halides is 3. The van der Waals surface area contributed by atoms with Crippen LogP contribution >= 0.6 is 0 Å². The Balaban J connectivity index is 1.76. The first-order chi connectivity index (χ1) is 16.8. The molecule has 0 spiro atoms. The number of nitrogens with one attached hydrogen (secondary N) is 1. The van der Waals surface area contributed by atoms with Gasteiger partial charge in [-0.15, -0.1) is 0 Å². The number of aromatic nitrogens is 1. The molecule has 0 unspecified atom stereocenters. The van der Waals surface area contributed by atoms with Crippen LogP contribution in [0.25, 0.3) is 0 Å². The third-order valence-corrected chi connectivity index (χ3v) is 6.98. The smallest absolute Gasteiger partial charge is 0.417 e. The minimum atomic E-state index is -4.89. The highest BCUT2D eigenvalue weighted by Crippen LogP contribution is 2.55. The molecule has 2 aromatic rings. The number of nitrogens with zero attached hydrogens (tertiary/aromatic N) is 1. The zero-order valence-corrected chi connectivity index (χ0v) is 19.4. The number of ether oxygens (including phenoxy) is 2. The quantitative estimate of drug-likeness (QED) is 0.555. The average Bonchev–Trinajstić information content (AvgIpc) is 3.05. The molecule has 2 amide bonds. The molecule has 0 radical (unpaired) electrons. The monoisotopic (exact) mass is 513 g/mol. The van der Waals surface area contributed by atoms with Crippen molar-refractivity contribution in [1.82, 2.24) is 4.98 Å². The average molecular weight is 513 g/mol. The van der Waals surface area contributed by atoms with Crippen LogP contribution in [0, 0.1) is 17.6 Å². The van der Waals surface area contributed by atoms with Crippen molar-refractivity contribution in [2.45, 2.75) is 63.0 Å². The molecule has 1 saturated carbocycles. The lowest BCUT2D eigenvalue weighted by Gasteiger charge is -2.32. The fourth-order valence-electron chi connectivity index (χ4n) is 4.46. The minimum absolute atomic E-state index is 0.0376. The minimum Gasteiger partial charge on any atom is -0.487 e. The summed E-state index contributed by atoms with van der Waals surface area (Å²) in [4.78, 5) is 28.4. The zero-order valence-electron chi connectivity index (χ0n) is 19.4. The second-order valence-electron chi connectivity index (χ2n) is 9.19. The Hall–Kier alpha value is -3.28. The molecule has 2 fully saturated rings. The molecule has 2 aliphatic rings. The molecule has 1 aliphatic carbocycles. The number of anilines is 1. The molecule has 36 heavy (non-hydrogen) atoms. The van der Waals surface area contributed by atoms with E-state index in [9.17, 15) is 31.5 Å². The van der Waals surface area contributed by atoms with Crippen molar-refractivity contribution in [2.75, 3.05) is 5.32 Å². The lowest BCUT2D eigenvalue weighted by atomic mass is 9.76. The maximum Gasteiger partial charge on any atom is 0.417 e. The van der Waals surface area contributed by atoms with Crippen LogP contribution in [0.1, 0.15) is 55.1 Å². The fraction of sp³-hybridized carbons (Fsp3) is 0.458. The van der Waals surface area contributed by atoms with E-state index in [1.165, 1.54) is 19.2 Å². The lowest BCUT2D eigenvalue weighted by molar-refractivity contribution is -0.272. The highest BCUT2D eigenvalue weighted by Gasteiger charge is 2.66. The number of amides is 2. The van der Waals surface area contributed by atoms with E-state index in [4.69, 9.17) is 15.2 Å². The van der Waals surface area contributed by atoms with Gasteiger partial charge in [0.05, 0.1) is 6.10 Å². The van der Waals surface area contributed by atoms with Crippen LogP contribution in [0.5, 0.6) is 5.75 Å². The van der Waals surface area contributed by atoms with Gasteiger partial charge in [-0.2, -0.15) is 17.6 Å². The van der Waals surface area contributed by atoms with E-state index in [1.807, 2.05) is 0 Å². The van der Waals surface area contributed by atoms with Gasteiger partial charge in [-0.25, -0.2) is 4.39 Å². The summed E-state index contributed by atoms with van der Waals surface area (Å²) in [6.07, 6.45) is -3.89. The Morgan fingerprint density at radius 2 is 1.92 bits per heavy atom. The predicted octanol–water partition coefficient (Wildman–Crippen LogP) is 4.47. The van der Waals surface area contributed by atoms with Gasteiger partial charge in [-0.05, 0) is 44.4 Å². The highest BCUT2D eigenvalue weighted by molar-refractivity contribution is 5.97. The van der Waals surface area contributed by atoms with E-state index in [0.717, 1.165) is 31.5 Å². The van der Waals surface area contributed by atoms with Gasteiger partial charge in [0, 0.05) is 29.3 Å². The lowest BCUT2D eigenvalue weighted by Crippen LogP contribution is -2.47. The van der Waals surface area contributed by atoms with Crippen LogP contribution in [0.4, 0.5) is 27.6 Å². The summed E-state index contributed by atoms with van der Waals surface area (Å²) in [6.45, 7) is 2.04. The Morgan fingerprint density at radius 1 is 1.22 bits per heavy atom. The number of carbonyl (C=O) groups is 2. The number of nitrogens with two attached hydrogens (primary N) is 1. The van der Waals surface area contributed by atoms with Gasteiger partial charge in [0.1, 0.15) is 11.8 Å².